The van der Waals surface area contributed by atoms with Gasteiger partial charge in [0.05, 0.1) is 12.1 Å². The maximum atomic E-state index is 12.7. The molecule has 3 nitrogen and oxygen atoms in total. The molecule has 2 bridgehead atoms. The molecule has 1 amide bonds. The van der Waals surface area contributed by atoms with Crippen LogP contribution in [0, 0.1) is 29.6 Å². The predicted molar refractivity (Wildman–Crippen MR) is 67.7 cm³/mol. The average molecular weight is 249 g/mol. The van der Waals surface area contributed by atoms with Crippen LogP contribution in [0.1, 0.15) is 39.0 Å². The number of amides is 1. The molecule has 0 spiro atoms. The highest BCUT2D eigenvalue weighted by Crippen LogP contribution is 2.55. The highest BCUT2D eigenvalue weighted by atomic mass is 16.3. The van der Waals surface area contributed by atoms with Crippen LogP contribution in [0.5, 0.6) is 0 Å². The van der Waals surface area contributed by atoms with Crippen molar-refractivity contribution in [3.8, 4) is 0 Å². The molecule has 0 aromatic heterocycles. The molecule has 1 saturated heterocycles. The Morgan fingerprint density at radius 1 is 1.22 bits per heavy atom. The lowest BCUT2D eigenvalue weighted by Crippen LogP contribution is -2.46. The largest absolute Gasteiger partial charge is 0.391 e. The molecule has 3 aliphatic carbocycles. The summed E-state index contributed by atoms with van der Waals surface area (Å²) in [6.07, 6.45) is 5.57. The summed E-state index contributed by atoms with van der Waals surface area (Å²) in [5.41, 5.74) is 0. The lowest BCUT2D eigenvalue weighted by Gasteiger charge is -2.31. The minimum Gasteiger partial charge on any atom is -0.391 e. The summed E-state index contributed by atoms with van der Waals surface area (Å²) in [4.78, 5) is 14.8. The second-order valence-electron chi connectivity index (χ2n) is 7.14. The fourth-order valence-electron chi connectivity index (χ4n) is 5.39. The van der Waals surface area contributed by atoms with Gasteiger partial charge in [0.1, 0.15) is 0 Å². The molecule has 7 atom stereocenters. The van der Waals surface area contributed by atoms with E-state index in [-0.39, 0.29) is 18.1 Å². The molecule has 0 aromatic rings. The first-order valence-corrected chi connectivity index (χ1v) is 7.65. The van der Waals surface area contributed by atoms with Crippen LogP contribution in [0.2, 0.25) is 0 Å². The normalized spacial score (nSPS) is 53.4. The lowest BCUT2D eigenvalue weighted by atomic mass is 9.88. The third-order valence-electron chi connectivity index (χ3n) is 6.31. The molecule has 4 aliphatic rings. The quantitative estimate of drug-likeness (QED) is 0.767. The monoisotopic (exact) mass is 249 g/mol. The number of nitrogens with zero attached hydrogens (tertiary/aromatic N) is 1. The molecule has 18 heavy (non-hydrogen) atoms. The van der Waals surface area contributed by atoms with Crippen molar-refractivity contribution < 1.29 is 9.90 Å². The van der Waals surface area contributed by atoms with Gasteiger partial charge in [-0.25, -0.2) is 0 Å². The third kappa shape index (κ3) is 1.31. The van der Waals surface area contributed by atoms with E-state index in [1.165, 1.54) is 19.3 Å². The van der Waals surface area contributed by atoms with Crippen molar-refractivity contribution in [2.45, 2.75) is 51.2 Å². The maximum absolute atomic E-state index is 12.7. The Hall–Kier alpha value is -0.570. The summed E-state index contributed by atoms with van der Waals surface area (Å²) < 4.78 is 0. The van der Waals surface area contributed by atoms with E-state index in [0.717, 1.165) is 19.4 Å². The molecule has 1 aliphatic heterocycles. The number of hydrogen-bond donors (Lipinski definition) is 1. The summed E-state index contributed by atoms with van der Waals surface area (Å²) in [5, 5.41) is 10.3. The van der Waals surface area contributed by atoms with Crippen LogP contribution in [0.3, 0.4) is 0 Å². The fraction of sp³-hybridized carbons (Fsp3) is 0.933. The van der Waals surface area contributed by atoms with Crippen LogP contribution >= 0.6 is 0 Å². The van der Waals surface area contributed by atoms with E-state index < -0.39 is 0 Å². The molecule has 1 heterocycles. The predicted octanol–water partition coefficient (Wildman–Crippen LogP) is 1.65. The summed E-state index contributed by atoms with van der Waals surface area (Å²) in [5.74, 6) is 2.96. The Morgan fingerprint density at radius 2 is 2.06 bits per heavy atom. The van der Waals surface area contributed by atoms with E-state index in [1.54, 1.807) is 0 Å². The molecule has 0 aromatic carbocycles. The van der Waals surface area contributed by atoms with Crippen molar-refractivity contribution in [1.29, 1.82) is 0 Å². The van der Waals surface area contributed by atoms with Gasteiger partial charge >= 0.3 is 0 Å². The zero-order valence-electron chi connectivity index (χ0n) is 11.1. The van der Waals surface area contributed by atoms with E-state index in [9.17, 15) is 9.90 Å². The van der Waals surface area contributed by atoms with Gasteiger partial charge in [-0.3, -0.25) is 4.79 Å². The topological polar surface area (TPSA) is 40.5 Å². The number of aliphatic hydroxyl groups excluding tert-OH is 1. The minimum atomic E-state index is -0.227. The molecule has 4 fully saturated rings. The van der Waals surface area contributed by atoms with E-state index in [2.05, 4.69) is 11.8 Å². The smallest absolute Gasteiger partial charge is 0.226 e. The van der Waals surface area contributed by atoms with Gasteiger partial charge in [0.25, 0.3) is 0 Å². The van der Waals surface area contributed by atoms with Gasteiger partial charge in [-0.05, 0) is 49.4 Å². The van der Waals surface area contributed by atoms with Gasteiger partial charge in [-0.2, -0.15) is 0 Å². The van der Waals surface area contributed by atoms with Crippen LogP contribution in [-0.4, -0.2) is 34.6 Å². The van der Waals surface area contributed by atoms with Crippen LogP contribution in [0.4, 0.5) is 0 Å². The molecule has 4 rings (SSSR count). The Labute approximate surface area is 109 Å². The van der Waals surface area contributed by atoms with Crippen molar-refractivity contribution in [1.82, 2.24) is 4.90 Å². The van der Waals surface area contributed by atoms with Gasteiger partial charge in [0, 0.05) is 12.5 Å². The lowest BCUT2D eigenvalue weighted by molar-refractivity contribution is -0.139. The maximum Gasteiger partial charge on any atom is 0.226 e. The van der Waals surface area contributed by atoms with Gasteiger partial charge in [0.2, 0.25) is 5.91 Å². The van der Waals surface area contributed by atoms with E-state index in [4.69, 9.17) is 0 Å². The Kier molecular flexibility index (Phi) is 2.33. The molecule has 3 saturated carbocycles. The highest BCUT2D eigenvalue weighted by Gasteiger charge is 2.60. The number of carbonyl (C=O) groups is 1. The fourth-order valence-corrected chi connectivity index (χ4v) is 5.39. The second-order valence-corrected chi connectivity index (χ2v) is 7.14. The second kappa shape index (κ2) is 3.72. The summed E-state index contributed by atoms with van der Waals surface area (Å²) >= 11 is 0. The number of likely N-dealkylation sites (tertiary alicyclic amines) is 1. The number of carbonyl (C=O) groups excluding carboxylic acids is 1. The van der Waals surface area contributed by atoms with Gasteiger partial charge < -0.3 is 10.0 Å². The van der Waals surface area contributed by atoms with Gasteiger partial charge in [0.15, 0.2) is 0 Å². The summed E-state index contributed by atoms with van der Waals surface area (Å²) in [6.45, 7) is 3.15. The zero-order valence-corrected chi connectivity index (χ0v) is 11.1. The van der Waals surface area contributed by atoms with Crippen molar-refractivity contribution in [2.24, 2.45) is 29.6 Å². The molecule has 1 N–H and O–H groups in total. The van der Waals surface area contributed by atoms with Gasteiger partial charge in [-0.15, -0.1) is 0 Å². The summed E-state index contributed by atoms with van der Waals surface area (Å²) in [6, 6.07) is 0.175. The standard InChI is InChI=1S/C15H23NO2/c1-8-3-2-4-11(8)15(18)16-7-10-5-9-6-12(10)13(16)14(9)17/h8-14,17H,2-7H2,1H3. The summed E-state index contributed by atoms with van der Waals surface area (Å²) in [7, 11) is 0. The Balaban J connectivity index is 1.57. The highest BCUT2D eigenvalue weighted by molar-refractivity contribution is 5.80. The number of rotatable bonds is 1. The molecule has 100 valence electrons. The van der Waals surface area contributed by atoms with Crippen LogP contribution < -0.4 is 0 Å². The van der Waals surface area contributed by atoms with Gasteiger partial charge in [-0.1, -0.05) is 13.3 Å². The number of fused-ring (bicyclic) bond motifs is 1. The minimum absolute atomic E-state index is 0.175. The SMILES string of the molecule is CC1CCCC1C(=O)N1CC2CC3CC2C1C3O. The molecule has 0 radical (unpaired) electrons. The first-order valence-electron chi connectivity index (χ1n) is 7.65. The van der Waals surface area contributed by atoms with E-state index in [1.807, 2.05) is 0 Å². The van der Waals surface area contributed by atoms with Crippen molar-refractivity contribution in [2.75, 3.05) is 6.54 Å². The molecular formula is C15H23NO2. The van der Waals surface area contributed by atoms with E-state index >= 15 is 0 Å². The third-order valence-corrected chi connectivity index (χ3v) is 6.31. The first kappa shape index (κ1) is 11.3. The molecule has 3 heteroatoms. The van der Waals surface area contributed by atoms with Crippen LogP contribution in [0.25, 0.3) is 0 Å². The average Bonchev–Trinajstić information content (AvgIpc) is 3.01. The number of hydrogen-bond acceptors (Lipinski definition) is 2. The Morgan fingerprint density at radius 3 is 2.72 bits per heavy atom. The molecular weight excluding hydrogens is 226 g/mol. The van der Waals surface area contributed by atoms with E-state index in [0.29, 0.717) is 29.6 Å². The van der Waals surface area contributed by atoms with Crippen molar-refractivity contribution in [3.63, 3.8) is 0 Å². The van der Waals surface area contributed by atoms with Crippen LogP contribution in [-0.2, 0) is 4.79 Å². The Bertz CT molecular complexity index is 381. The first-order chi connectivity index (χ1) is 8.66. The number of aliphatic hydroxyl groups is 1. The van der Waals surface area contributed by atoms with Crippen molar-refractivity contribution >= 4 is 5.91 Å². The molecule has 7 unspecified atom stereocenters. The van der Waals surface area contributed by atoms with Crippen LogP contribution in [0.15, 0.2) is 0 Å². The van der Waals surface area contributed by atoms with Crippen molar-refractivity contribution in [3.05, 3.63) is 0 Å². The zero-order chi connectivity index (χ0) is 12.4.